The average molecular weight is 288 g/mol. The molecule has 0 saturated carbocycles. The minimum Gasteiger partial charge on any atom is -0.480 e. The predicted molar refractivity (Wildman–Crippen MR) is 76.6 cm³/mol. The number of rotatable bonds is 5. The number of para-hydroxylation sites is 1. The second-order valence-electron chi connectivity index (χ2n) is 4.58. The van der Waals surface area contributed by atoms with Crippen LogP contribution < -0.4 is 10.6 Å². The van der Waals surface area contributed by atoms with Gasteiger partial charge in [-0.2, -0.15) is 5.10 Å². The van der Waals surface area contributed by atoms with Crippen LogP contribution in [0.25, 0.3) is 0 Å². The molecule has 0 aliphatic rings. The Morgan fingerprint density at radius 1 is 1.38 bits per heavy atom. The number of anilines is 1. The Balaban J connectivity index is 2.28. The van der Waals surface area contributed by atoms with Gasteiger partial charge >= 0.3 is 5.97 Å². The summed E-state index contributed by atoms with van der Waals surface area (Å²) in [5.41, 5.74) is 6.95. The van der Waals surface area contributed by atoms with Crippen LogP contribution >= 0.6 is 0 Å². The van der Waals surface area contributed by atoms with Crippen LogP contribution in [0.2, 0.25) is 0 Å². The zero-order valence-corrected chi connectivity index (χ0v) is 11.5. The molecular formula is C14H16N4O3. The molecule has 0 aliphatic carbocycles. The van der Waals surface area contributed by atoms with Crippen LogP contribution in [0.4, 0.5) is 5.69 Å². The molecule has 2 rings (SSSR count). The molecule has 7 nitrogen and oxygen atoms in total. The Kier molecular flexibility index (Phi) is 4.34. The first-order chi connectivity index (χ1) is 9.99. The Labute approximate surface area is 121 Å². The molecule has 1 aromatic carbocycles. The van der Waals surface area contributed by atoms with Gasteiger partial charge < -0.3 is 10.8 Å². The summed E-state index contributed by atoms with van der Waals surface area (Å²) in [5.74, 6) is -1.60. The van der Waals surface area contributed by atoms with Crippen molar-refractivity contribution in [1.29, 1.82) is 0 Å². The van der Waals surface area contributed by atoms with E-state index < -0.39 is 24.5 Å². The van der Waals surface area contributed by atoms with Gasteiger partial charge in [0.25, 0.3) is 0 Å². The van der Waals surface area contributed by atoms with Crippen molar-refractivity contribution in [1.82, 2.24) is 9.78 Å². The van der Waals surface area contributed by atoms with Crippen molar-refractivity contribution in [3.05, 3.63) is 48.3 Å². The molecule has 0 bridgehead atoms. The number of nitrogens with two attached hydrogens (primary N) is 1. The van der Waals surface area contributed by atoms with Crippen LogP contribution in [0.3, 0.4) is 0 Å². The lowest BCUT2D eigenvalue weighted by Crippen LogP contribution is -2.41. The first-order valence-corrected chi connectivity index (χ1v) is 6.31. The van der Waals surface area contributed by atoms with Gasteiger partial charge in [-0.3, -0.25) is 19.2 Å². The molecule has 1 aromatic heterocycles. The lowest BCUT2D eigenvalue weighted by molar-refractivity contribution is -0.136. The fraction of sp³-hybridized carbons (Fsp3) is 0.214. The number of carbonyl (C=O) groups is 2. The number of amides is 1. The molecule has 0 radical (unpaired) electrons. The number of carboxylic acid groups (broad SMARTS) is 1. The summed E-state index contributed by atoms with van der Waals surface area (Å²) in [6, 6.07) is 7.61. The molecule has 3 N–H and O–H groups in total. The summed E-state index contributed by atoms with van der Waals surface area (Å²) in [6.45, 7) is -0.448. The van der Waals surface area contributed by atoms with Crippen molar-refractivity contribution in [2.75, 3.05) is 11.4 Å². The topological polar surface area (TPSA) is 101 Å². The summed E-state index contributed by atoms with van der Waals surface area (Å²) in [6.07, 6.45) is 3.12. The summed E-state index contributed by atoms with van der Waals surface area (Å²) >= 11 is 0. The zero-order valence-electron chi connectivity index (χ0n) is 11.5. The first-order valence-electron chi connectivity index (χ1n) is 6.31. The molecule has 0 spiro atoms. The third-order valence-corrected chi connectivity index (χ3v) is 2.98. The second-order valence-corrected chi connectivity index (χ2v) is 4.58. The van der Waals surface area contributed by atoms with Gasteiger partial charge in [-0.05, 0) is 12.1 Å². The Morgan fingerprint density at radius 2 is 2.05 bits per heavy atom. The van der Waals surface area contributed by atoms with E-state index in [-0.39, 0.29) is 0 Å². The number of carbonyl (C=O) groups excluding carboxylic acids is 1. The lowest BCUT2D eigenvalue weighted by Gasteiger charge is -2.23. The maximum Gasteiger partial charge on any atom is 0.323 e. The van der Waals surface area contributed by atoms with E-state index in [4.69, 9.17) is 10.8 Å². The maximum absolute atomic E-state index is 12.5. The van der Waals surface area contributed by atoms with E-state index in [2.05, 4.69) is 5.10 Å². The van der Waals surface area contributed by atoms with E-state index in [0.717, 1.165) is 4.90 Å². The third kappa shape index (κ3) is 3.46. The van der Waals surface area contributed by atoms with E-state index >= 15 is 0 Å². The van der Waals surface area contributed by atoms with Gasteiger partial charge in [0.05, 0.1) is 6.20 Å². The van der Waals surface area contributed by atoms with Crippen LogP contribution in [0, 0.1) is 0 Å². The molecule has 0 aliphatic heterocycles. The van der Waals surface area contributed by atoms with Crippen LogP contribution in [-0.2, 0) is 16.6 Å². The van der Waals surface area contributed by atoms with E-state index in [9.17, 15) is 9.59 Å². The quantitative estimate of drug-likeness (QED) is 0.836. The SMILES string of the molecule is Cn1cc(C(N)C(=O)N(CC(=O)O)c2ccccc2)cn1. The Morgan fingerprint density at radius 3 is 2.57 bits per heavy atom. The summed E-state index contributed by atoms with van der Waals surface area (Å²) < 4.78 is 1.53. The molecule has 0 fully saturated rings. The number of nitrogens with zero attached hydrogens (tertiary/aromatic N) is 3. The van der Waals surface area contributed by atoms with Crippen LogP contribution in [-0.4, -0.2) is 33.3 Å². The number of carboxylic acids is 1. The molecule has 2 aromatic rings. The smallest absolute Gasteiger partial charge is 0.323 e. The van der Waals surface area contributed by atoms with Crippen LogP contribution in [0.1, 0.15) is 11.6 Å². The summed E-state index contributed by atoms with van der Waals surface area (Å²) in [5, 5.41) is 13.0. The van der Waals surface area contributed by atoms with Crippen molar-refractivity contribution < 1.29 is 14.7 Å². The highest BCUT2D eigenvalue weighted by atomic mass is 16.4. The van der Waals surface area contributed by atoms with Crippen molar-refractivity contribution in [2.45, 2.75) is 6.04 Å². The van der Waals surface area contributed by atoms with Crippen molar-refractivity contribution in [2.24, 2.45) is 12.8 Å². The molecule has 1 atom stereocenters. The largest absolute Gasteiger partial charge is 0.480 e. The van der Waals surface area contributed by atoms with Crippen molar-refractivity contribution in [3.63, 3.8) is 0 Å². The van der Waals surface area contributed by atoms with E-state index in [1.807, 2.05) is 0 Å². The zero-order chi connectivity index (χ0) is 15.4. The maximum atomic E-state index is 12.5. The van der Waals surface area contributed by atoms with E-state index in [1.54, 1.807) is 43.6 Å². The van der Waals surface area contributed by atoms with Gasteiger partial charge in [0.1, 0.15) is 12.6 Å². The van der Waals surface area contributed by atoms with Gasteiger partial charge in [0.2, 0.25) is 5.91 Å². The van der Waals surface area contributed by atoms with E-state index in [1.165, 1.54) is 10.9 Å². The number of benzene rings is 1. The minimum absolute atomic E-state index is 0.448. The monoisotopic (exact) mass is 288 g/mol. The molecule has 21 heavy (non-hydrogen) atoms. The standard InChI is InChI=1S/C14H16N4O3/c1-17-8-10(7-16-17)13(15)14(21)18(9-12(19)20)11-5-3-2-4-6-11/h2-8,13H,9,15H2,1H3,(H,19,20). The summed E-state index contributed by atoms with van der Waals surface area (Å²) in [7, 11) is 1.72. The van der Waals surface area contributed by atoms with E-state index in [0.29, 0.717) is 11.3 Å². The van der Waals surface area contributed by atoms with Gasteiger partial charge in [0, 0.05) is 24.5 Å². The number of aryl methyl sites for hydroxylation is 1. The number of hydrogen-bond donors (Lipinski definition) is 2. The van der Waals surface area contributed by atoms with Gasteiger partial charge in [0.15, 0.2) is 0 Å². The molecule has 1 amide bonds. The molecule has 7 heteroatoms. The minimum atomic E-state index is -1.11. The highest BCUT2D eigenvalue weighted by Gasteiger charge is 2.26. The number of aromatic nitrogens is 2. The Hall–Kier alpha value is -2.67. The predicted octanol–water partition coefficient (Wildman–Crippen LogP) is 0.538. The highest BCUT2D eigenvalue weighted by molar-refractivity contribution is 6.00. The van der Waals surface area contributed by atoms with Gasteiger partial charge in [-0.15, -0.1) is 0 Å². The van der Waals surface area contributed by atoms with Gasteiger partial charge in [-0.1, -0.05) is 18.2 Å². The lowest BCUT2D eigenvalue weighted by atomic mass is 10.1. The molecule has 0 saturated heterocycles. The number of hydrogen-bond acceptors (Lipinski definition) is 4. The van der Waals surface area contributed by atoms with Crippen molar-refractivity contribution in [3.8, 4) is 0 Å². The van der Waals surface area contributed by atoms with Gasteiger partial charge in [-0.25, -0.2) is 0 Å². The second kappa shape index (κ2) is 6.19. The van der Waals surface area contributed by atoms with Crippen LogP contribution in [0.15, 0.2) is 42.7 Å². The first kappa shape index (κ1) is 14.7. The molecule has 110 valence electrons. The van der Waals surface area contributed by atoms with Crippen LogP contribution in [0.5, 0.6) is 0 Å². The van der Waals surface area contributed by atoms with Crippen molar-refractivity contribution >= 4 is 17.6 Å². The summed E-state index contributed by atoms with van der Waals surface area (Å²) in [4.78, 5) is 24.6. The molecule has 1 unspecified atom stereocenters. The normalized spacial score (nSPS) is 11.9. The number of aliphatic carboxylic acids is 1. The fourth-order valence-electron chi connectivity index (χ4n) is 1.95. The fourth-order valence-corrected chi connectivity index (χ4v) is 1.95. The molecule has 1 heterocycles. The third-order valence-electron chi connectivity index (χ3n) is 2.98. The Bertz CT molecular complexity index is 639. The molecular weight excluding hydrogens is 272 g/mol. The average Bonchev–Trinajstić information content (AvgIpc) is 2.90. The highest BCUT2D eigenvalue weighted by Crippen LogP contribution is 2.19.